The van der Waals surface area contributed by atoms with Crippen molar-refractivity contribution in [3.8, 4) is 0 Å². The average molecular weight is 385 g/mol. The molecule has 2 aromatic rings. The Kier molecular flexibility index (Phi) is 4.89. The van der Waals surface area contributed by atoms with Gasteiger partial charge in [0.05, 0.1) is 23.6 Å². The number of piperidine rings is 1. The topological polar surface area (TPSA) is 49.9 Å². The third-order valence-electron chi connectivity index (χ3n) is 5.29. The van der Waals surface area contributed by atoms with E-state index in [2.05, 4.69) is 0 Å². The largest absolute Gasteiger partial charge is 0.338 e. The highest BCUT2D eigenvalue weighted by molar-refractivity contribution is 6.33. The molecule has 0 bridgehead atoms. The summed E-state index contributed by atoms with van der Waals surface area (Å²) < 4.78 is 0. The smallest absolute Gasteiger partial charge is 0.255 e. The molecular weight excluding hydrogens is 364 g/mol. The van der Waals surface area contributed by atoms with Crippen LogP contribution in [0.3, 0.4) is 0 Å². The predicted molar refractivity (Wildman–Crippen MR) is 102 cm³/mol. The van der Waals surface area contributed by atoms with Gasteiger partial charge in [-0.15, -0.1) is 0 Å². The summed E-state index contributed by atoms with van der Waals surface area (Å²) in [6.07, 6.45) is 1.65. The molecule has 0 radical (unpaired) electrons. The van der Waals surface area contributed by atoms with Crippen LogP contribution >= 0.6 is 11.6 Å². The summed E-state index contributed by atoms with van der Waals surface area (Å²) in [7, 11) is 0. The van der Waals surface area contributed by atoms with Crippen molar-refractivity contribution < 1.29 is 14.4 Å². The first kappa shape index (κ1) is 18.0. The number of nitrogens with zero attached hydrogens (tertiary/aromatic N) is 2. The van der Waals surface area contributed by atoms with Gasteiger partial charge in [-0.1, -0.05) is 54.1 Å². The van der Waals surface area contributed by atoms with Crippen molar-refractivity contribution in [1.82, 2.24) is 9.96 Å². The lowest BCUT2D eigenvalue weighted by atomic mass is 9.88. The second kappa shape index (κ2) is 7.33. The van der Waals surface area contributed by atoms with Crippen LogP contribution in [0, 0.1) is 0 Å². The molecule has 2 aromatic carbocycles. The van der Waals surface area contributed by atoms with Gasteiger partial charge in [-0.2, -0.15) is 0 Å². The normalized spacial score (nSPS) is 18.9. The molecule has 2 saturated heterocycles. The minimum absolute atomic E-state index is 0.00438. The average Bonchev–Trinajstić information content (AvgIpc) is 2.98. The monoisotopic (exact) mass is 384 g/mol. The molecule has 140 valence electrons. The Morgan fingerprint density at radius 3 is 2.41 bits per heavy atom. The van der Waals surface area contributed by atoms with Crippen molar-refractivity contribution >= 4 is 23.4 Å². The van der Waals surface area contributed by atoms with Crippen molar-refractivity contribution in [3.05, 3.63) is 70.7 Å². The quantitative estimate of drug-likeness (QED) is 0.811. The molecular formula is C21H21ClN2O3. The zero-order chi connectivity index (χ0) is 18.9. The number of carbonyl (C=O) groups excluding carboxylic acids is 2. The Bertz CT molecular complexity index is 848. The molecule has 0 N–H and O–H groups in total. The maximum absolute atomic E-state index is 12.7. The minimum Gasteiger partial charge on any atom is -0.338 e. The number of likely N-dealkylation sites (tertiary alicyclic amines) is 1. The number of benzene rings is 2. The number of amides is 2. The highest BCUT2D eigenvalue weighted by Gasteiger charge is 2.47. The molecule has 6 heteroatoms. The van der Waals surface area contributed by atoms with Crippen molar-refractivity contribution in [2.24, 2.45) is 0 Å². The molecule has 0 unspecified atom stereocenters. The molecule has 2 amide bonds. The van der Waals surface area contributed by atoms with Crippen LogP contribution in [0.4, 0.5) is 0 Å². The van der Waals surface area contributed by atoms with Crippen LogP contribution in [0.25, 0.3) is 0 Å². The molecule has 0 saturated carbocycles. The van der Waals surface area contributed by atoms with Crippen molar-refractivity contribution in [1.29, 1.82) is 0 Å². The minimum atomic E-state index is -0.497. The molecule has 4 rings (SSSR count). The second-order valence-corrected chi connectivity index (χ2v) is 7.55. The van der Waals surface area contributed by atoms with Crippen LogP contribution in [-0.2, 0) is 16.2 Å². The van der Waals surface area contributed by atoms with Gasteiger partial charge in [0.15, 0.2) is 0 Å². The van der Waals surface area contributed by atoms with Crippen molar-refractivity contribution in [2.75, 3.05) is 13.1 Å². The first-order valence-corrected chi connectivity index (χ1v) is 9.51. The fourth-order valence-electron chi connectivity index (χ4n) is 3.74. The molecule has 2 aliphatic heterocycles. The van der Waals surface area contributed by atoms with Gasteiger partial charge in [0.25, 0.3) is 5.91 Å². The lowest BCUT2D eigenvalue weighted by Crippen LogP contribution is -2.47. The molecule has 0 aliphatic carbocycles. The number of carbonyl (C=O) groups is 2. The summed E-state index contributed by atoms with van der Waals surface area (Å²) in [5.74, 6) is -0.0642. The Hall–Kier alpha value is -2.37. The first-order chi connectivity index (χ1) is 13.1. The van der Waals surface area contributed by atoms with E-state index in [9.17, 15) is 9.59 Å². The number of rotatable bonds is 3. The zero-order valence-electron chi connectivity index (χ0n) is 14.9. The fraction of sp³-hybridized carbons (Fsp3) is 0.333. The summed E-state index contributed by atoms with van der Waals surface area (Å²) >= 11 is 6.15. The molecule has 2 heterocycles. The second-order valence-electron chi connectivity index (χ2n) is 7.14. The third kappa shape index (κ3) is 3.70. The summed E-state index contributed by atoms with van der Waals surface area (Å²) in [6, 6.07) is 16.9. The number of hydroxylamine groups is 2. The van der Waals surface area contributed by atoms with Gasteiger partial charge < -0.3 is 4.90 Å². The van der Waals surface area contributed by atoms with Gasteiger partial charge in [0, 0.05) is 13.1 Å². The van der Waals surface area contributed by atoms with Crippen LogP contribution in [0.1, 0.15) is 35.2 Å². The Morgan fingerprint density at radius 2 is 1.70 bits per heavy atom. The lowest BCUT2D eigenvalue weighted by molar-refractivity contribution is -0.213. The van der Waals surface area contributed by atoms with Crippen LogP contribution in [0.15, 0.2) is 54.6 Å². The molecule has 27 heavy (non-hydrogen) atoms. The van der Waals surface area contributed by atoms with E-state index < -0.39 is 5.60 Å². The third-order valence-corrected chi connectivity index (χ3v) is 5.62. The van der Waals surface area contributed by atoms with Gasteiger partial charge >= 0.3 is 0 Å². The summed E-state index contributed by atoms with van der Waals surface area (Å²) in [5.41, 5.74) is 1.06. The van der Waals surface area contributed by atoms with Crippen molar-refractivity contribution in [2.45, 2.75) is 31.4 Å². The van der Waals surface area contributed by atoms with E-state index in [1.165, 1.54) is 5.06 Å². The molecule has 2 aliphatic rings. The highest BCUT2D eigenvalue weighted by Crippen LogP contribution is 2.37. The molecule has 1 spiro atoms. The van der Waals surface area contributed by atoms with E-state index in [1.54, 1.807) is 17.0 Å². The van der Waals surface area contributed by atoms with Crippen LogP contribution in [0.5, 0.6) is 0 Å². The van der Waals surface area contributed by atoms with Crippen LogP contribution in [0.2, 0.25) is 5.02 Å². The van der Waals surface area contributed by atoms with Gasteiger partial charge in [0.1, 0.15) is 5.60 Å². The van der Waals surface area contributed by atoms with E-state index in [0.717, 1.165) is 5.56 Å². The number of hydrogen-bond donors (Lipinski definition) is 0. The van der Waals surface area contributed by atoms with E-state index in [4.69, 9.17) is 16.4 Å². The SMILES string of the molecule is O=C(c1ccccc1Cl)N1CCC2(CC1)CC(=O)N(Cc1ccccc1)O2. The maximum atomic E-state index is 12.7. The van der Waals surface area contributed by atoms with E-state index >= 15 is 0 Å². The molecule has 2 fully saturated rings. The molecule has 0 aromatic heterocycles. The standard InChI is InChI=1S/C21H21ClN2O3/c22-18-9-5-4-8-17(18)20(26)23-12-10-21(11-13-23)14-19(25)24(27-21)15-16-6-2-1-3-7-16/h1-9H,10-15H2. The van der Waals surface area contributed by atoms with E-state index in [-0.39, 0.29) is 11.8 Å². The Balaban J connectivity index is 1.39. The van der Waals surface area contributed by atoms with Crippen LogP contribution < -0.4 is 0 Å². The van der Waals surface area contributed by atoms with E-state index in [1.807, 2.05) is 42.5 Å². The fourth-order valence-corrected chi connectivity index (χ4v) is 3.96. The van der Waals surface area contributed by atoms with Crippen LogP contribution in [-0.4, -0.2) is 40.5 Å². The van der Waals surface area contributed by atoms with Gasteiger partial charge in [-0.25, -0.2) is 5.06 Å². The Morgan fingerprint density at radius 1 is 1.04 bits per heavy atom. The Labute approximate surface area is 163 Å². The van der Waals surface area contributed by atoms with Gasteiger partial charge in [-0.05, 0) is 30.5 Å². The molecule has 0 atom stereocenters. The van der Waals surface area contributed by atoms with Gasteiger partial charge in [0.2, 0.25) is 5.91 Å². The maximum Gasteiger partial charge on any atom is 0.255 e. The predicted octanol–water partition coefficient (Wildman–Crippen LogP) is 3.68. The summed E-state index contributed by atoms with van der Waals surface area (Å²) in [4.78, 5) is 33.0. The molecule has 5 nitrogen and oxygen atoms in total. The zero-order valence-corrected chi connectivity index (χ0v) is 15.7. The first-order valence-electron chi connectivity index (χ1n) is 9.14. The lowest BCUT2D eigenvalue weighted by Gasteiger charge is -2.38. The van der Waals surface area contributed by atoms with E-state index in [0.29, 0.717) is 49.5 Å². The summed E-state index contributed by atoms with van der Waals surface area (Å²) in [6.45, 7) is 1.55. The van der Waals surface area contributed by atoms with Crippen molar-refractivity contribution in [3.63, 3.8) is 0 Å². The number of halogens is 1. The van der Waals surface area contributed by atoms with Gasteiger partial charge in [-0.3, -0.25) is 14.4 Å². The highest BCUT2D eigenvalue weighted by atomic mass is 35.5. The summed E-state index contributed by atoms with van der Waals surface area (Å²) in [5, 5.41) is 1.94. The number of hydrogen-bond acceptors (Lipinski definition) is 3.